The zero-order valence-electron chi connectivity index (χ0n) is 19.1. The van der Waals surface area contributed by atoms with Crippen molar-refractivity contribution in [2.45, 2.75) is 31.7 Å². The van der Waals surface area contributed by atoms with E-state index in [1.165, 1.54) is 30.5 Å². The lowest BCUT2D eigenvalue weighted by atomic mass is 9.86. The number of carbonyl (C=O) groups excluding carboxylic acids is 1. The highest BCUT2D eigenvalue weighted by atomic mass is 35.5. The molecule has 2 aromatic carbocycles. The van der Waals surface area contributed by atoms with Crippen LogP contribution in [0.15, 0.2) is 65.9 Å². The highest BCUT2D eigenvalue weighted by Gasteiger charge is 2.62. The average molecular weight is 552 g/mol. The average Bonchev–Trinajstić information content (AvgIpc) is 3.29. The predicted octanol–water partition coefficient (Wildman–Crippen LogP) is 6.60. The summed E-state index contributed by atoms with van der Waals surface area (Å²) in [5.74, 6) is -0.801. The van der Waals surface area contributed by atoms with Crippen molar-refractivity contribution in [1.29, 1.82) is 0 Å². The number of oxime groups is 1. The Morgan fingerprint density at radius 2 is 1.81 bits per heavy atom. The number of alkyl halides is 3. The molecule has 7 nitrogen and oxygen atoms in total. The Bertz CT molecular complexity index is 1380. The third-order valence-corrected chi connectivity index (χ3v) is 6.26. The van der Waals surface area contributed by atoms with Crippen molar-refractivity contribution in [3.63, 3.8) is 0 Å². The van der Waals surface area contributed by atoms with Crippen LogP contribution in [0.25, 0.3) is 0 Å². The van der Waals surface area contributed by atoms with Gasteiger partial charge in [0.1, 0.15) is 0 Å². The highest BCUT2D eigenvalue weighted by molar-refractivity contribution is 6.34. The van der Waals surface area contributed by atoms with E-state index in [9.17, 15) is 27.9 Å². The molecule has 12 heteroatoms. The van der Waals surface area contributed by atoms with Gasteiger partial charge >= 0.3 is 12.3 Å². The van der Waals surface area contributed by atoms with Crippen LogP contribution in [0, 0.1) is 6.92 Å². The SMILES string of the molecule is Cc1cc(C2=NOC(c3cc(Cl)cc(Cl)c3)(C(F)(F)F)C2)ccc1C(=O)N(Cc1ccccn1)C(=O)O. The van der Waals surface area contributed by atoms with Crippen molar-refractivity contribution in [2.24, 2.45) is 5.16 Å². The van der Waals surface area contributed by atoms with Crippen molar-refractivity contribution < 1.29 is 32.7 Å². The van der Waals surface area contributed by atoms with Gasteiger partial charge in [-0.3, -0.25) is 9.78 Å². The number of pyridine rings is 1. The van der Waals surface area contributed by atoms with Crippen molar-refractivity contribution in [2.75, 3.05) is 0 Å². The Kier molecular flexibility index (Phi) is 7.16. The largest absolute Gasteiger partial charge is 0.465 e. The fraction of sp³-hybridized carbons (Fsp3) is 0.200. The van der Waals surface area contributed by atoms with Gasteiger partial charge in [-0.1, -0.05) is 40.5 Å². The summed E-state index contributed by atoms with van der Waals surface area (Å²) in [6, 6.07) is 12.6. The molecule has 0 aliphatic carbocycles. The van der Waals surface area contributed by atoms with Gasteiger partial charge in [-0.2, -0.15) is 13.2 Å². The topological polar surface area (TPSA) is 92.1 Å². The Morgan fingerprint density at radius 3 is 2.38 bits per heavy atom. The van der Waals surface area contributed by atoms with E-state index in [0.717, 1.165) is 12.1 Å². The summed E-state index contributed by atoms with van der Waals surface area (Å²) < 4.78 is 42.8. The van der Waals surface area contributed by atoms with Crippen molar-refractivity contribution in [3.05, 3.63) is 98.8 Å². The molecule has 1 atom stereocenters. The molecule has 0 bridgehead atoms. The minimum absolute atomic E-state index is 0.00979. The van der Waals surface area contributed by atoms with Crippen LogP contribution < -0.4 is 0 Å². The molecule has 0 spiro atoms. The fourth-order valence-corrected chi connectivity index (χ4v) is 4.48. The summed E-state index contributed by atoms with van der Waals surface area (Å²) in [5, 5.41) is 13.3. The molecular weight excluding hydrogens is 534 g/mol. The van der Waals surface area contributed by atoms with E-state index >= 15 is 0 Å². The molecule has 1 aromatic heterocycles. The zero-order valence-corrected chi connectivity index (χ0v) is 20.6. The number of rotatable bonds is 5. The summed E-state index contributed by atoms with van der Waals surface area (Å²) >= 11 is 11.9. The molecule has 192 valence electrons. The number of aryl methyl sites for hydroxylation is 1. The maximum atomic E-state index is 14.3. The first-order valence-corrected chi connectivity index (χ1v) is 11.5. The van der Waals surface area contributed by atoms with Gasteiger partial charge in [0.05, 0.1) is 18.0 Å². The summed E-state index contributed by atoms with van der Waals surface area (Å²) in [5.41, 5.74) is -2.07. The maximum Gasteiger partial charge on any atom is 0.435 e. The maximum absolute atomic E-state index is 14.3. The Hall–Kier alpha value is -3.63. The van der Waals surface area contributed by atoms with E-state index in [1.807, 2.05) is 0 Å². The Morgan fingerprint density at radius 1 is 1.11 bits per heavy atom. The molecule has 0 fully saturated rings. The number of carbonyl (C=O) groups is 2. The molecule has 2 amide bonds. The van der Waals surface area contributed by atoms with Crippen molar-refractivity contribution in [3.8, 4) is 0 Å². The van der Waals surface area contributed by atoms with E-state index in [0.29, 0.717) is 16.2 Å². The molecule has 0 saturated carbocycles. The van der Waals surface area contributed by atoms with E-state index in [1.54, 1.807) is 25.1 Å². The molecule has 4 rings (SSSR count). The molecule has 37 heavy (non-hydrogen) atoms. The van der Waals surface area contributed by atoms with Gasteiger partial charge in [-0.25, -0.2) is 9.69 Å². The van der Waals surface area contributed by atoms with Crippen LogP contribution in [-0.4, -0.2) is 38.9 Å². The lowest BCUT2D eigenvalue weighted by Gasteiger charge is -2.29. The lowest BCUT2D eigenvalue weighted by molar-refractivity contribution is -0.275. The number of aromatic nitrogens is 1. The molecule has 1 aliphatic rings. The Balaban J connectivity index is 1.62. The number of hydrogen-bond acceptors (Lipinski definition) is 5. The number of imide groups is 1. The van der Waals surface area contributed by atoms with Crippen LogP contribution in [-0.2, 0) is 17.0 Å². The van der Waals surface area contributed by atoms with Crippen molar-refractivity contribution >= 4 is 40.9 Å². The van der Waals surface area contributed by atoms with E-state index < -0.39 is 30.2 Å². The molecule has 0 saturated heterocycles. The third-order valence-electron chi connectivity index (χ3n) is 5.83. The molecule has 1 N–H and O–H groups in total. The molecule has 1 unspecified atom stereocenters. The minimum atomic E-state index is -4.86. The van der Waals surface area contributed by atoms with Crippen LogP contribution in [0.2, 0.25) is 10.0 Å². The molecule has 3 aromatic rings. The first-order chi connectivity index (χ1) is 17.4. The number of carboxylic acid groups (broad SMARTS) is 1. The summed E-state index contributed by atoms with van der Waals surface area (Å²) in [6.07, 6.45) is -5.52. The molecule has 2 heterocycles. The van der Waals surface area contributed by atoms with E-state index in [-0.39, 0.29) is 39.0 Å². The Labute approximate surface area is 219 Å². The number of halogens is 5. The van der Waals surface area contributed by atoms with Crippen LogP contribution in [0.4, 0.5) is 18.0 Å². The van der Waals surface area contributed by atoms with Gasteiger partial charge in [0, 0.05) is 33.8 Å². The second-order valence-corrected chi connectivity index (χ2v) is 9.19. The third kappa shape index (κ3) is 5.26. The lowest BCUT2D eigenvalue weighted by Crippen LogP contribution is -2.42. The molecule has 1 aliphatic heterocycles. The summed E-state index contributed by atoms with van der Waals surface area (Å²) in [4.78, 5) is 34.4. The quantitative estimate of drug-likeness (QED) is 0.385. The minimum Gasteiger partial charge on any atom is -0.465 e. The standard InChI is InChI=1S/C25H18Cl2F3N3O4/c1-14-8-15(5-6-20(14)22(34)33(23(35)36)13-19-4-2-3-7-31-19)21-12-24(37-32-21,25(28,29)30)16-9-17(26)11-18(27)10-16/h2-11H,12-13H2,1H3,(H,35,36). The van der Waals surface area contributed by atoms with Crippen LogP contribution >= 0.6 is 23.2 Å². The van der Waals surface area contributed by atoms with Gasteiger partial charge in [0.25, 0.3) is 11.5 Å². The van der Waals surface area contributed by atoms with E-state index in [4.69, 9.17) is 28.0 Å². The number of amides is 2. The summed E-state index contributed by atoms with van der Waals surface area (Å²) in [6.45, 7) is 1.27. The molecular formula is C25H18Cl2F3N3O4. The number of hydrogen-bond donors (Lipinski definition) is 1. The van der Waals surface area contributed by atoms with Gasteiger partial charge in [0.15, 0.2) is 0 Å². The molecule has 0 radical (unpaired) electrons. The zero-order chi connectivity index (χ0) is 27.0. The first kappa shape index (κ1) is 26.4. The van der Waals surface area contributed by atoms with Crippen LogP contribution in [0.5, 0.6) is 0 Å². The number of benzene rings is 2. The van der Waals surface area contributed by atoms with Crippen molar-refractivity contribution in [1.82, 2.24) is 9.88 Å². The highest BCUT2D eigenvalue weighted by Crippen LogP contribution is 2.49. The monoisotopic (exact) mass is 551 g/mol. The smallest absolute Gasteiger partial charge is 0.435 e. The fourth-order valence-electron chi connectivity index (χ4n) is 3.95. The van der Waals surface area contributed by atoms with Crippen LogP contribution in [0.1, 0.15) is 39.2 Å². The first-order valence-electron chi connectivity index (χ1n) is 10.8. The van der Waals surface area contributed by atoms with Gasteiger partial charge in [0.2, 0.25) is 0 Å². The van der Waals surface area contributed by atoms with Gasteiger partial charge in [-0.05, 0) is 60.5 Å². The number of nitrogens with zero attached hydrogens (tertiary/aromatic N) is 3. The second kappa shape index (κ2) is 10.0. The second-order valence-electron chi connectivity index (χ2n) is 8.31. The normalized spacial score (nSPS) is 17.2. The predicted molar refractivity (Wildman–Crippen MR) is 130 cm³/mol. The van der Waals surface area contributed by atoms with Gasteiger partial charge in [-0.15, -0.1) is 0 Å². The van der Waals surface area contributed by atoms with E-state index in [2.05, 4.69) is 10.1 Å². The van der Waals surface area contributed by atoms with Crippen LogP contribution in [0.3, 0.4) is 0 Å². The summed E-state index contributed by atoms with van der Waals surface area (Å²) in [7, 11) is 0. The van der Waals surface area contributed by atoms with Gasteiger partial charge < -0.3 is 9.94 Å².